The quantitative estimate of drug-likeness (QED) is 0.230. The maximum atomic E-state index is 9.92. The summed E-state index contributed by atoms with van der Waals surface area (Å²) in [6.07, 6.45) is 0. The summed E-state index contributed by atoms with van der Waals surface area (Å²) in [6.45, 7) is 0.790. The molecule has 46 valence electrons. The van der Waals surface area contributed by atoms with Gasteiger partial charge in [-0.2, -0.15) is 0 Å². The van der Waals surface area contributed by atoms with Crippen molar-refractivity contribution < 1.29 is 33.9 Å². The average molecular weight is 123 g/mol. The predicted octanol–water partition coefficient (Wildman–Crippen LogP) is -4.15. The second-order valence-electron chi connectivity index (χ2n) is 1.23. The van der Waals surface area contributed by atoms with Crippen molar-refractivity contribution in [2.75, 3.05) is 6.54 Å². The van der Waals surface area contributed by atoms with Crippen LogP contribution in [-0.4, -0.2) is 23.5 Å². The minimum Gasteiger partial charge on any atom is -0.862 e. The molecule has 0 bridgehead atoms. The van der Waals surface area contributed by atoms with Gasteiger partial charge < -0.3 is 10.2 Å². The van der Waals surface area contributed by atoms with Gasteiger partial charge in [0.15, 0.2) is 0 Å². The normalized spacial score (nSPS) is 10.1. The fourth-order valence-corrected chi connectivity index (χ4v) is 0.179. The molecule has 0 atom stereocenters. The molecular weight excluding hydrogens is 117 g/mol. The van der Waals surface area contributed by atoms with Crippen molar-refractivity contribution in [1.82, 2.24) is 0 Å². The van der Waals surface area contributed by atoms with E-state index in [1.807, 2.05) is 0 Å². The minimum absolute atomic E-state index is 0. The standard InChI is InChI=1S/C4H7NO3.Li/c1-3(6)5-2-4(7)8;/h2H2,1H3,(H,5,6)(H,7,8);/q;+1/p-1. The molecule has 0 aliphatic heterocycles. The van der Waals surface area contributed by atoms with E-state index in [0.29, 0.717) is 0 Å². The minimum atomic E-state index is -1.08. The number of hydrogen-bond acceptors (Lipinski definition) is 3. The van der Waals surface area contributed by atoms with Gasteiger partial charge in [0.1, 0.15) is 6.54 Å². The number of carboxylic acid groups (broad SMARTS) is 1. The van der Waals surface area contributed by atoms with Crippen LogP contribution < -0.4 is 24.0 Å². The Kier molecular flexibility index (Phi) is 7.15. The van der Waals surface area contributed by atoms with Crippen molar-refractivity contribution >= 4 is 11.9 Å². The number of rotatable bonds is 2. The molecule has 0 aromatic carbocycles. The van der Waals surface area contributed by atoms with Crippen molar-refractivity contribution in [2.45, 2.75) is 6.92 Å². The summed E-state index contributed by atoms with van der Waals surface area (Å²) in [7, 11) is 0. The van der Waals surface area contributed by atoms with E-state index in [0.717, 1.165) is 0 Å². The molecule has 0 saturated heterocycles. The maximum absolute atomic E-state index is 9.92. The van der Waals surface area contributed by atoms with Gasteiger partial charge in [0, 0.05) is 0 Å². The zero-order valence-electron chi connectivity index (χ0n) is 5.42. The Morgan fingerprint density at radius 2 is 2.22 bits per heavy atom. The SMILES string of the molecule is CC([O-])=NCC(=O)O.[Li+]. The average Bonchev–Trinajstić information content (AvgIpc) is 1.61. The van der Waals surface area contributed by atoms with Crippen molar-refractivity contribution in [3.63, 3.8) is 0 Å². The molecule has 5 heteroatoms. The Morgan fingerprint density at radius 1 is 1.78 bits per heavy atom. The summed E-state index contributed by atoms with van der Waals surface area (Å²) in [4.78, 5) is 12.7. The zero-order chi connectivity index (χ0) is 6.57. The predicted molar refractivity (Wildman–Crippen MR) is 25.6 cm³/mol. The van der Waals surface area contributed by atoms with Crippen LogP contribution in [0.4, 0.5) is 0 Å². The molecule has 0 saturated carbocycles. The summed E-state index contributed by atoms with van der Waals surface area (Å²) >= 11 is 0. The molecule has 0 aliphatic carbocycles. The molecule has 4 nitrogen and oxygen atoms in total. The van der Waals surface area contributed by atoms with Crippen LogP contribution in [0.2, 0.25) is 0 Å². The van der Waals surface area contributed by atoms with E-state index >= 15 is 0 Å². The van der Waals surface area contributed by atoms with Gasteiger partial charge in [-0.25, -0.2) is 0 Å². The number of hydrogen-bond donors (Lipinski definition) is 1. The van der Waals surface area contributed by atoms with Crippen LogP contribution in [0.5, 0.6) is 0 Å². The van der Waals surface area contributed by atoms with E-state index < -0.39 is 18.4 Å². The third-order valence-electron chi connectivity index (χ3n) is 0.437. The molecule has 0 aromatic rings. The molecule has 0 aliphatic rings. The molecule has 0 spiro atoms. The largest absolute Gasteiger partial charge is 1.00 e. The van der Waals surface area contributed by atoms with Gasteiger partial charge >= 0.3 is 24.8 Å². The summed E-state index contributed by atoms with van der Waals surface area (Å²) in [5, 5.41) is 17.8. The number of carbonyl (C=O) groups is 1. The molecule has 0 heterocycles. The molecule has 0 aromatic heterocycles. The maximum Gasteiger partial charge on any atom is 1.00 e. The second kappa shape index (κ2) is 5.67. The fraction of sp³-hybridized carbons (Fsp3) is 0.500. The van der Waals surface area contributed by atoms with E-state index in [2.05, 4.69) is 4.99 Å². The van der Waals surface area contributed by atoms with Gasteiger partial charge in [-0.1, -0.05) is 0 Å². The van der Waals surface area contributed by atoms with Gasteiger partial charge in [0.25, 0.3) is 0 Å². The van der Waals surface area contributed by atoms with Gasteiger partial charge in [-0.3, -0.25) is 9.79 Å². The Labute approximate surface area is 64.8 Å². The van der Waals surface area contributed by atoms with E-state index in [4.69, 9.17) is 5.11 Å². The smallest absolute Gasteiger partial charge is 0.862 e. The first kappa shape index (κ1) is 11.3. The number of aliphatic carboxylic acids is 1. The third kappa shape index (κ3) is 11.2. The molecule has 0 rings (SSSR count). The summed E-state index contributed by atoms with van der Waals surface area (Å²) < 4.78 is 0. The molecular formula is C4H6LiNO3. The van der Waals surface area contributed by atoms with E-state index in [1.54, 1.807) is 0 Å². The van der Waals surface area contributed by atoms with Crippen LogP contribution in [0.1, 0.15) is 6.92 Å². The zero-order valence-corrected chi connectivity index (χ0v) is 5.42. The molecule has 0 unspecified atom stereocenters. The summed E-state index contributed by atoms with van der Waals surface area (Å²) in [5.41, 5.74) is 0. The molecule has 9 heavy (non-hydrogen) atoms. The van der Waals surface area contributed by atoms with Crippen molar-refractivity contribution in [3.05, 3.63) is 0 Å². The van der Waals surface area contributed by atoms with Gasteiger partial charge in [-0.05, 0) is 12.8 Å². The number of carboxylic acids is 1. The first-order valence-electron chi connectivity index (χ1n) is 2.03. The van der Waals surface area contributed by atoms with Crippen LogP contribution in [0.3, 0.4) is 0 Å². The second-order valence-corrected chi connectivity index (χ2v) is 1.23. The first-order chi connectivity index (χ1) is 3.63. The molecule has 0 fully saturated rings. The van der Waals surface area contributed by atoms with Crippen LogP contribution in [0, 0.1) is 0 Å². The summed E-state index contributed by atoms with van der Waals surface area (Å²) in [5.74, 6) is -1.53. The Bertz CT molecular complexity index is 119. The Hall–Kier alpha value is -0.463. The van der Waals surface area contributed by atoms with E-state index in [9.17, 15) is 9.90 Å². The summed E-state index contributed by atoms with van der Waals surface area (Å²) in [6, 6.07) is 0. The van der Waals surface area contributed by atoms with Gasteiger partial charge in [0.05, 0.1) is 0 Å². The fourth-order valence-electron chi connectivity index (χ4n) is 0.179. The molecule has 0 amide bonds. The van der Waals surface area contributed by atoms with Crippen LogP contribution in [0.25, 0.3) is 0 Å². The number of aliphatic imine (C=N–C) groups is 1. The molecule has 0 radical (unpaired) electrons. The van der Waals surface area contributed by atoms with E-state index in [1.165, 1.54) is 6.92 Å². The van der Waals surface area contributed by atoms with Gasteiger partial charge in [0.2, 0.25) is 0 Å². The topological polar surface area (TPSA) is 72.7 Å². The van der Waals surface area contributed by atoms with Crippen LogP contribution >= 0.6 is 0 Å². The third-order valence-corrected chi connectivity index (χ3v) is 0.437. The Balaban J connectivity index is 0. The Morgan fingerprint density at radius 3 is 2.33 bits per heavy atom. The van der Waals surface area contributed by atoms with Crippen LogP contribution in [0.15, 0.2) is 4.99 Å². The molecule has 1 N–H and O–H groups in total. The van der Waals surface area contributed by atoms with Crippen molar-refractivity contribution in [1.29, 1.82) is 0 Å². The first-order valence-corrected chi connectivity index (χ1v) is 2.03. The van der Waals surface area contributed by atoms with Crippen molar-refractivity contribution in [3.8, 4) is 0 Å². The monoisotopic (exact) mass is 123 g/mol. The van der Waals surface area contributed by atoms with Crippen LogP contribution in [-0.2, 0) is 4.79 Å². The van der Waals surface area contributed by atoms with Gasteiger partial charge in [-0.15, -0.1) is 0 Å². The van der Waals surface area contributed by atoms with E-state index in [-0.39, 0.29) is 18.9 Å². The number of nitrogens with zero attached hydrogens (tertiary/aromatic N) is 1. The van der Waals surface area contributed by atoms with Crippen molar-refractivity contribution in [2.24, 2.45) is 4.99 Å².